The van der Waals surface area contributed by atoms with Crippen LogP contribution in [0.15, 0.2) is 65.5 Å². The van der Waals surface area contributed by atoms with Gasteiger partial charge in [0.15, 0.2) is 5.78 Å². The summed E-state index contributed by atoms with van der Waals surface area (Å²) in [7, 11) is 0. The van der Waals surface area contributed by atoms with Gasteiger partial charge in [-0.05, 0) is 74.4 Å². The third-order valence-corrected chi connectivity index (χ3v) is 5.96. The van der Waals surface area contributed by atoms with Crippen LogP contribution in [0.1, 0.15) is 49.3 Å². The molecule has 0 saturated heterocycles. The molecule has 3 heteroatoms. The molecule has 156 valence electrons. The Balaban J connectivity index is 2.00. The van der Waals surface area contributed by atoms with E-state index in [9.17, 15) is 9.59 Å². The Kier molecular flexibility index (Phi) is 5.36. The van der Waals surface area contributed by atoms with Crippen molar-refractivity contribution in [2.24, 2.45) is 0 Å². The number of benzene rings is 3. The molecule has 4 aromatic rings. The predicted octanol–water partition coefficient (Wildman–Crippen LogP) is 5.82. The van der Waals surface area contributed by atoms with E-state index in [2.05, 4.69) is 45.0 Å². The maximum absolute atomic E-state index is 13.7. The van der Waals surface area contributed by atoms with E-state index in [0.29, 0.717) is 12.1 Å². The molecule has 1 heterocycles. The number of carbonyl (C=O) groups is 1. The van der Waals surface area contributed by atoms with Crippen LogP contribution < -0.4 is 5.56 Å². The molecule has 0 aliphatic heterocycles. The van der Waals surface area contributed by atoms with Crippen LogP contribution in [0.4, 0.5) is 0 Å². The van der Waals surface area contributed by atoms with Crippen molar-refractivity contribution < 1.29 is 4.79 Å². The van der Waals surface area contributed by atoms with Crippen LogP contribution in [0.25, 0.3) is 10.9 Å². The summed E-state index contributed by atoms with van der Waals surface area (Å²) in [4.78, 5) is 26.9. The highest BCUT2D eigenvalue weighted by molar-refractivity contribution is 6.10. The van der Waals surface area contributed by atoms with E-state index in [0.717, 1.165) is 38.7 Å². The summed E-state index contributed by atoms with van der Waals surface area (Å²) >= 11 is 0. The highest BCUT2D eigenvalue weighted by atomic mass is 16.1. The van der Waals surface area contributed by atoms with Crippen molar-refractivity contribution in [2.75, 3.05) is 0 Å². The molecule has 3 nitrogen and oxygen atoms in total. The molecule has 0 aliphatic rings. The Morgan fingerprint density at radius 2 is 1.35 bits per heavy atom. The van der Waals surface area contributed by atoms with Gasteiger partial charge in [0, 0.05) is 5.56 Å². The third kappa shape index (κ3) is 3.84. The molecule has 4 rings (SSSR count). The van der Waals surface area contributed by atoms with Crippen LogP contribution >= 0.6 is 0 Å². The summed E-state index contributed by atoms with van der Waals surface area (Å²) in [5.41, 5.74) is 8.17. The van der Waals surface area contributed by atoms with Crippen molar-refractivity contribution in [2.45, 2.75) is 41.2 Å². The summed E-state index contributed by atoms with van der Waals surface area (Å²) < 4.78 is 1.78. The first-order valence-corrected chi connectivity index (χ1v) is 10.6. The number of nitrogens with zero attached hydrogens (tertiary/aromatic N) is 1. The van der Waals surface area contributed by atoms with Crippen LogP contribution in [0, 0.1) is 34.6 Å². The van der Waals surface area contributed by atoms with E-state index in [1.807, 2.05) is 32.0 Å². The highest BCUT2D eigenvalue weighted by Crippen LogP contribution is 2.24. The molecule has 0 amide bonds. The van der Waals surface area contributed by atoms with Gasteiger partial charge in [-0.1, -0.05) is 59.7 Å². The van der Waals surface area contributed by atoms with Gasteiger partial charge in [0.25, 0.3) is 5.56 Å². The lowest BCUT2D eigenvalue weighted by molar-refractivity contribution is 0.103. The van der Waals surface area contributed by atoms with Gasteiger partial charge in [0.05, 0.1) is 17.6 Å². The third-order valence-electron chi connectivity index (χ3n) is 5.96. The van der Waals surface area contributed by atoms with E-state index in [1.54, 1.807) is 22.8 Å². The number of pyridine rings is 1. The van der Waals surface area contributed by atoms with Gasteiger partial charge in [-0.25, -0.2) is 0 Å². The van der Waals surface area contributed by atoms with Crippen molar-refractivity contribution in [1.29, 1.82) is 0 Å². The molecular formula is C28H27NO2. The van der Waals surface area contributed by atoms with E-state index in [-0.39, 0.29) is 16.9 Å². The number of ketones is 1. The minimum Gasteiger partial charge on any atom is -0.303 e. The average molecular weight is 410 g/mol. The maximum Gasteiger partial charge on any atom is 0.262 e. The van der Waals surface area contributed by atoms with Gasteiger partial charge < -0.3 is 4.57 Å². The zero-order chi connectivity index (χ0) is 22.3. The normalized spacial score (nSPS) is 11.1. The van der Waals surface area contributed by atoms with Gasteiger partial charge in [-0.15, -0.1) is 0 Å². The molecule has 0 spiro atoms. The lowest BCUT2D eigenvalue weighted by atomic mass is 9.97. The van der Waals surface area contributed by atoms with Gasteiger partial charge in [0.1, 0.15) is 0 Å². The fourth-order valence-corrected chi connectivity index (χ4v) is 4.61. The van der Waals surface area contributed by atoms with E-state index < -0.39 is 0 Å². The number of hydrogen-bond donors (Lipinski definition) is 0. The van der Waals surface area contributed by atoms with Gasteiger partial charge in [-0.3, -0.25) is 9.59 Å². The molecule has 0 atom stereocenters. The second kappa shape index (κ2) is 7.99. The Morgan fingerprint density at radius 1 is 0.774 bits per heavy atom. The minimum absolute atomic E-state index is 0.214. The lowest BCUT2D eigenvalue weighted by Crippen LogP contribution is -2.28. The largest absolute Gasteiger partial charge is 0.303 e. The zero-order valence-corrected chi connectivity index (χ0v) is 18.7. The van der Waals surface area contributed by atoms with Crippen molar-refractivity contribution in [3.05, 3.63) is 116 Å². The molecule has 0 N–H and O–H groups in total. The van der Waals surface area contributed by atoms with Crippen LogP contribution in [-0.2, 0) is 6.54 Å². The van der Waals surface area contributed by atoms with Crippen molar-refractivity contribution in [3.63, 3.8) is 0 Å². The van der Waals surface area contributed by atoms with Crippen LogP contribution in [0.3, 0.4) is 0 Å². The first-order chi connectivity index (χ1) is 14.8. The fourth-order valence-electron chi connectivity index (χ4n) is 4.61. The molecule has 0 saturated carbocycles. The van der Waals surface area contributed by atoms with Crippen LogP contribution in [0.5, 0.6) is 0 Å². The standard InChI is InChI=1S/C28H27NO2/c1-17-11-19(3)25(20(4)12-17)16-29-26-21(5)13-18(2)14-23(26)15-24(28(29)31)27(30)22-9-7-6-8-10-22/h6-15H,16H2,1-5H3. The number of hydrogen-bond acceptors (Lipinski definition) is 2. The maximum atomic E-state index is 13.7. The number of carbonyl (C=O) groups excluding carboxylic acids is 1. The monoisotopic (exact) mass is 409 g/mol. The number of rotatable bonds is 4. The second-order valence-corrected chi connectivity index (χ2v) is 8.54. The van der Waals surface area contributed by atoms with Gasteiger partial charge in [-0.2, -0.15) is 0 Å². The van der Waals surface area contributed by atoms with E-state index in [1.165, 1.54) is 5.56 Å². The summed E-state index contributed by atoms with van der Waals surface area (Å²) in [6.45, 7) is 10.7. The van der Waals surface area contributed by atoms with Crippen molar-refractivity contribution in [3.8, 4) is 0 Å². The minimum atomic E-state index is -0.243. The fraction of sp³-hybridized carbons (Fsp3) is 0.214. The smallest absolute Gasteiger partial charge is 0.262 e. The van der Waals surface area contributed by atoms with Crippen LogP contribution in [-0.4, -0.2) is 10.4 Å². The van der Waals surface area contributed by atoms with Crippen molar-refractivity contribution >= 4 is 16.7 Å². The van der Waals surface area contributed by atoms with E-state index >= 15 is 0 Å². The summed E-state index contributed by atoms with van der Waals surface area (Å²) in [5.74, 6) is -0.238. The number of fused-ring (bicyclic) bond motifs is 1. The molecule has 1 aromatic heterocycles. The Labute approximate surface area is 183 Å². The first-order valence-electron chi connectivity index (χ1n) is 10.6. The molecule has 0 unspecified atom stereocenters. The van der Waals surface area contributed by atoms with Gasteiger partial charge >= 0.3 is 0 Å². The summed E-state index contributed by atoms with van der Waals surface area (Å²) in [6, 6.07) is 19.2. The van der Waals surface area contributed by atoms with Crippen LogP contribution in [0.2, 0.25) is 0 Å². The topological polar surface area (TPSA) is 39.1 Å². The molecule has 0 bridgehead atoms. The van der Waals surface area contributed by atoms with Gasteiger partial charge in [0.2, 0.25) is 0 Å². The SMILES string of the molecule is Cc1cc(C)c(Cn2c(=O)c(C(=O)c3ccccc3)cc3cc(C)cc(C)c32)c(C)c1. The predicted molar refractivity (Wildman–Crippen MR) is 127 cm³/mol. The molecule has 0 aliphatic carbocycles. The first kappa shape index (κ1) is 20.8. The summed E-state index contributed by atoms with van der Waals surface area (Å²) in [5, 5.41) is 0.916. The van der Waals surface area contributed by atoms with E-state index in [4.69, 9.17) is 0 Å². The molecule has 31 heavy (non-hydrogen) atoms. The molecule has 0 radical (unpaired) electrons. The molecule has 0 fully saturated rings. The van der Waals surface area contributed by atoms with Crippen molar-refractivity contribution in [1.82, 2.24) is 4.57 Å². The average Bonchev–Trinajstić information content (AvgIpc) is 2.71. The zero-order valence-electron chi connectivity index (χ0n) is 18.7. The molecule has 3 aromatic carbocycles. The second-order valence-electron chi connectivity index (χ2n) is 8.54. The number of aryl methyl sites for hydroxylation is 5. The summed E-state index contributed by atoms with van der Waals surface area (Å²) in [6.07, 6.45) is 0. The lowest BCUT2D eigenvalue weighted by Gasteiger charge is -2.18. The number of aromatic nitrogens is 1. The quantitative estimate of drug-likeness (QED) is 0.398. The Hall–Kier alpha value is -3.46. The Morgan fingerprint density at radius 3 is 2.00 bits per heavy atom. The highest BCUT2D eigenvalue weighted by Gasteiger charge is 2.19. The molecular weight excluding hydrogens is 382 g/mol. The Bertz CT molecular complexity index is 1360.